The fourth-order valence-corrected chi connectivity index (χ4v) is 4.48. The van der Waals surface area contributed by atoms with Crippen LogP contribution in [-0.2, 0) is 11.3 Å². The summed E-state index contributed by atoms with van der Waals surface area (Å²) in [5.41, 5.74) is 4.43. The van der Waals surface area contributed by atoms with Crippen LogP contribution < -0.4 is 4.90 Å². The number of benzene rings is 2. The Bertz CT molecular complexity index is 965. The molecule has 0 aromatic heterocycles. The maximum Gasteiger partial charge on any atom is 0.255 e. The van der Waals surface area contributed by atoms with Crippen LogP contribution in [0.5, 0.6) is 0 Å². The lowest BCUT2D eigenvalue weighted by atomic mass is 10.0. The molecule has 0 bridgehead atoms. The van der Waals surface area contributed by atoms with Crippen molar-refractivity contribution in [2.75, 3.05) is 44.8 Å². The minimum Gasteiger partial charge on any atom is -0.383 e. The van der Waals surface area contributed by atoms with Gasteiger partial charge in [0.05, 0.1) is 17.7 Å². The summed E-state index contributed by atoms with van der Waals surface area (Å²) in [6.45, 7) is 7.85. The predicted molar refractivity (Wildman–Crippen MR) is 124 cm³/mol. The number of ether oxygens (including phenoxy) is 1. The fourth-order valence-electron chi connectivity index (χ4n) is 4.48. The molecule has 2 heterocycles. The lowest BCUT2D eigenvalue weighted by Gasteiger charge is -2.41. The Hall–Kier alpha value is -2.57. The second-order valence-corrected chi connectivity index (χ2v) is 8.19. The van der Waals surface area contributed by atoms with Crippen molar-refractivity contribution < 1.29 is 14.3 Å². The highest BCUT2D eigenvalue weighted by Crippen LogP contribution is 2.28. The molecule has 2 aliphatic rings. The van der Waals surface area contributed by atoms with Gasteiger partial charge < -0.3 is 19.4 Å². The van der Waals surface area contributed by atoms with Crippen LogP contribution >= 0.6 is 12.4 Å². The number of hydrogen-bond donors (Lipinski definition) is 0. The van der Waals surface area contributed by atoms with Gasteiger partial charge in [0, 0.05) is 51.6 Å². The van der Waals surface area contributed by atoms with Crippen LogP contribution in [0.3, 0.4) is 0 Å². The van der Waals surface area contributed by atoms with Gasteiger partial charge in [0.1, 0.15) is 0 Å². The first kappa shape index (κ1) is 23.1. The zero-order chi connectivity index (χ0) is 21.3. The van der Waals surface area contributed by atoms with E-state index in [0.717, 1.165) is 12.1 Å². The molecule has 2 aromatic carbocycles. The maximum absolute atomic E-state index is 13.4. The lowest BCUT2D eigenvalue weighted by molar-refractivity contribution is 0.0690. The van der Waals surface area contributed by atoms with Crippen molar-refractivity contribution in [1.82, 2.24) is 9.80 Å². The molecule has 1 fully saturated rings. The number of nitrogens with zero attached hydrogens (tertiary/aromatic N) is 3. The summed E-state index contributed by atoms with van der Waals surface area (Å²) in [4.78, 5) is 32.3. The summed E-state index contributed by atoms with van der Waals surface area (Å²) >= 11 is 0. The van der Waals surface area contributed by atoms with Crippen molar-refractivity contribution in [2.45, 2.75) is 26.4 Å². The first-order valence-corrected chi connectivity index (χ1v) is 10.5. The maximum atomic E-state index is 13.4. The topological polar surface area (TPSA) is 53.1 Å². The average Bonchev–Trinajstić information content (AvgIpc) is 3.07. The highest BCUT2D eigenvalue weighted by molar-refractivity contribution is 6.09. The number of carbonyl (C=O) groups excluding carboxylic acids is 2. The number of carbonyl (C=O) groups is 2. The number of amides is 2. The van der Waals surface area contributed by atoms with Crippen LogP contribution in [0, 0.1) is 6.92 Å². The van der Waals surface area contributed by atoms with Crippen LogP contribution in [0.4, 0.5) is 5.69 Å². The predicted octanol–water partition coefficient (Wildman–Crippen LogP) is 3.37. The van der Waals surface area contributed by atoms with Gasteiger partial charge in [-0.25, -0.2) is 0 Å². The Morgan fingerprint density at radius 3 is 2.65 bits per heavy atom. The Balaban J connectivity index is 0.00000272. The van der Waals surface area contributed by atoms with Crippen LogP contribution in [0.2, 0.25) is 0 Å². The molecule has 2 aromatic rings. The molecule has 1 atom stereocenters. The summed E-state index contributed by atoms with van der Waals surface area (Å²) in [6, 6.07) is 14.3. The van der Waals surface area contributed by atoms with Gasteiger partial charge in [-0.05, 0) is 43.2 Å². The Labute approximate surface area is 190 Å². The molecule has 6 nitrogen and oxygen atoms in total. The second-order valence-electron chi connectivity index (χ2n) is 8.19. The van der Waals surface area contributed by atoms with Crippen molar-refractivity contribution in [1.29, 1.82) is 0 Å². The normalized spacial score (nSPS) is 18.1. The third kappa shape index (κ3) is 4.55. The van der Waals surface area contributed by atoms with E-state index in [1.54, 1.807) is 18.1 Å². The summed E-state index contributed by atoms with van der Waals surface area (Å²) < 4.78 is 5.12. The molecule has 0 saturated carbocycles. The van der Waals surface area contributed by atoms with E-state index in [9.17, 15) is 9.59 Å². The van der Waals surface area contributed by atoms with Crippen molar-refractivity contribution in [3.05, 3.63) is 64.7 Å². The van der Waals surface area contributed by atoms with Crippen LogP contribution in [0.1, 0.15) is 38.8 Å². The van der Waals surface area contributed by atoms with Crippen molar-refractivity contribution in [3.63, 3.8) is 0 Å². The molecule has 0 aliphatic carbocycles. The monoisotopic (exact) mass is 443 g/mol. The van der Waals surface area contributed by atoms with Gasteiger partial charge in [0.15, 0.2) is 0 Å². The number of rotatable bonds is 5. The van der Waals surface area contributed by atoms with Crippen molar-refractivity contribution in [3.8, 4) is 0 Å². The Kier molecular flexibility index (Phi) is 7.23. The minimum absolute atomic E-state index is 0. The highest BCUT2D eigenvalue weighted by Gasteiger charge is 2.34. The molecule has 31 heavy (non-hydrogen) atoms. The van der Waals surface area contributed by atoms with Crippen LogP contribution in [0.15, 0.2) is 42.5 Å². The number of halogens is 1. The SMILES string of the molecule is COCCN1Cc2cccc(C(=O)N3CCN(c4cccc(C)c4)C(C)C3)c2C1=O.Cl. The summed E-state index contributed by atoms with van der Waals surface area (Å²) in [5, 5.41) is 0. The quantitative estimate of drug-likeness (QED) is 0.711. The highest BCUT2D eigenvalue weighted by atomic mass is 35.5. The number of methoxy groups -OCH3 is 1. The summed E-state index contributed by atoms with van der Waals surface area (Å²) in [5.74, 6) is -0.123. The molecular weight excluding hydrogens is 414 g/mol. The number of aryl methyl sites for hydroxylation is 1. The summed E-state index contributed by atoms with van der Waals surface area (Å²) in [7, 11) is 1.63. The number of hydrogen-bond acceptors (Lipinski definition) is 4. The van der Waals surface area contributed by atoms with Crippen LogP contribution in [0.25, 0.3) is 0 Å². The van der Waals surface area contributed by atoms with E-state index in [1.807, 2.05) is 17.0 Å². The number of fused-ring (bicyclic) bond motifs is 1. The first-order valence-electron chi connectivity index (χ1n) is 10.5. The molecule has 1 saturated heterocycles. The lowest BCUT2D eigenvalue weighted by Crippen LogP contribution is -2.54. The molecular formula is C24H30ClN3O3. The van der Waals surface area contributed by atoms with E-state index in [-0.39, 0.29) is 30.3 Å². The van der Waals surface area contributed by atoms with Gasteiger partial charge in [-0.1, -0.05) is 24.3 Å². The van der Waals surface area contributed by atoms with E-state index in [0.29, 0.717) is 43.9 Å². The van der Waals surface area contributed by atoms with Gasteiger partial charge in [-0.3, -0.25) is 9.59 Å². The molecule has 0 spiro atoms. The molecule has 7 heteroatoms. The largest absolute Gasteiger partial charge is 0.383 e. The standard InChI is InChI=1S/C24H29N3O3.ClH/c1-17-6-4-8-20(14-17)27-11-10-25(15-18(27)2)23(28)21-9-5-7-19-16-26(12-13-30-3)24(29)22(19)21;/h4-9,14,18H,10-13,15-16H2,1-3H3;1H. The zero-order valence-corrected chi connectivity index (χ0v) is 19.2. The number of anilines is 1. The minimum atomic E-state index is -0.0718. The van der Waals surface area contributed by atoms with Gasteiger partial charge in [0.25, 0.3) is 11.8 Å². The third-order valence-corrected chi connectivity index (χ3v) is 6.06. The zero-order valence-electron chi connectivity index (χ0n) is 18.3. The second kappa shape index (κ2) is 9.71. The van der Waals surface area contributed by atoms with Crippen molar-refractivity contribution in [2.24, 2.45) is 0 Å². The van der Waals surface area contributed by atoms with E-state index < -0.39 is 0 Å². The number of piperazine rings is 1. The van der Waals surface area contributed by atoms with E-state index in [4.69, 9.17) is 4.74 Å². The van der Waals surface area contributed by atoms with Gasteiger partial charge >= 0.3 is 0 Å². The van der Waals surface area contributed by atoms with Gasteiger partial charge in [-0.15, -0.1) is 12.4 Å². The average molecular weight is 444 g/mol. The third-order valence-electron chi connectivity index (χ3n) is 6.06. The smallest absolute Gasteiger partial charge is 0.255 e. The van der Waals surface area contributed by atoms with E-state index in [2.05, 4.69) is 43.0 Å². The van der Waals surface area contributed by atoms with Gasteiger partial charge in [0.2, 0.25) is 0 Å². The molecule has 0 N–H and O–H groups in total. The van der Waals surface area contributed by atoms with Gasteiger partial charge in [-0.2, -0.15) is 0 Å². The molecule has 2 aliphatic heterocycles. The van der Waals surface area contributed by atoms with Crippen molar-refractivity contribution >= 4 is 29.9 Å². The first-order chi connectivity index (χ1) is 14.5. The molecule has 1 unspecified atom stereocenters. The Morgan fingerprint density at radius 1 is 1.16 bits per heavy atom. The molecule has 0 radical (unpaired) electrons. The summed E-state index contributed by atoms with van der Waals surface area (Å²) in [6.07, 6.45) is 0. The molecule has 166 valence electrons. The van der Waals surface area contributed by atoms with E-state index in [1.165, 1.54) is 11.3 Å². The van der Waals surface area contributed by atoms with Crippen LogP contribution in [-0.4, -0.2) is 67.6 Å². The molecule has 4 rings (SSSR count). The Morgan fingerprint density at radius 2 is 1.94 bits per heavy atom. The fraction of sp³-hybridized carbons (Fsp3) is 0.417. The van der Waals surface area contributed by atoms with E-state index >= 15 is 0 Å². The molecule has 2 amide bonds.